The van der Waals surface area contributed by atoms with E-state index < -0.39 is 0 Å². The summed E-state index contributed by atoms with van der Waals surface area (Å²) in [6.07, 6.45) is 6.58. The molecule has 4 aliphatic rings. The summed E-state index contributed by atoms with van der Waals surface area (Å²) in [6, 6.07) is 0. The van der Waals surface area contributed by atoms with Crippen LogP contribution < -0.4 is 0 Å². The van der Waals surface area contributed by atoms with Crippen molar-refractivity contribution in [2.24, 2.45) is 28.6 Å². The summed E-state index contributed by atoms with van der Waals surface area (Å²) in [5, 5.41) is 0. The van der Waals surface area contributed by atoms with Crippen LogP contribution in [0, 0.1) is 28.6 Å². The molecule has 0 aromatic carbocycles. The molecule has 4 rings (SSSR count). The van der Waals surface area contributed by atoms with Gasteiger partial charge in [-0.2, -0.15) is 0 Å². The lowest BCUT2D eigenvalue weighted by Gasteiger charge is -2.60. The topological polar surface area (TPSA) is 43.4 Å². The van der Waals surface area contributed by atoms with E-state index in [1.165, 1.54) is 13.5 Å². The zero-order chi connectivity index (χ0) is 14.5. The Morgan fingerprint density at radius 2 is 1.65 bits per heavy atom. The first-order valence-corrected chi connectivity index (χ1v) is 8.01. The van der Waals surface area contributed by atoms with Crippen molar-refractivity contribution in [3.8, 4) is 0 Å². The second-order valence-corrected chi connectivity index (χ2v) is 8.03. The van der Waals surface area contributed by atoms with E-state index in [9.17, 15) is 9.59 Å². The van der Waals surface area contributed by atoms with Crippen molar-refractivity contribution < 1.29 is 14.3 Å². The van der Waals surface area contributed by atoms with Gasteiger partial charge >= 0.3 is 5.97 Å². The zero-order valence-corrected chi connectivity index (χ0v) is 12.9. The highest BCUT2D eigenvalue weighted by Gasteiger charge is 2.63. The van der Waals surface area contributed by atoms with Crippen molar-refractivity contribution in [3.05, 3.63) is 0 Å². The van der Waals surface area contributed by atoms with Gasteiger partial charge in [0, 0.05) is 11.8 Å². The molecule has 2 unspecified atom stereocenters. The predicted molar refractivity (Wildman–Crippen MR) is 76.0 cm³/mol. The molecule has 4 atom stereocenters. The van der Waals surface area contributed by atoms with Crippen LogP contribution in [0.5, 0.6) is 0 Å². The third-order valence-corrected chi connectivity index (χ3v) is 5.86. The number of hydrogen-bond acceptors (Lipinski definition) is 3. The molecule has 0 spiro atoms. The molecular formula is C17H26O3. The maximum Gasteiger partial charge on any atom is 0.311 e. The molecule has 0 N–H and O–H groups in total. The fraction of sp³-hybridized carbons (Fsp3) is 0.882. The Bertz CT molecular complexity index is 424. The van der Waals surface area contributed by atoms with Crippen molar-refractivity contribution in [2.45, 2.75) is 58.8 Å². The Hall–Kier alpha value is -0.860. The quantitative estimate of drug-likeness (QED) is 0.741. The lowest BCUT2D eigenvalue weighted by atomic mass is 9.43. The van der Waals surface area contributed by atoms with Gasteiger partial charge in [-0.15, -0.1) is 0 Å². The monoisotopic (exact) mass is 278 g/mol. The first kappa shape index (κ1) is 14.1. The number of Topliss-reactive ketones (excluding diaryl/α,β-unsaturated/α-hetero) is 1. The highest BCUT2D eigenvalue weighted by Crippen LogP contribution is 2.66. The summed E-state index contributed by atoms with van der Waals surface area (Å²) in [7, 11) is 1.49. The van der Waals surface area contributed by atoms with E-state index in [-0.39, 0.29) is 16.8 Å². The van der Waals surface area contributed by atoms with Crippen LogP contribution in [0.1, 0.15) is 58.8 Å². The van der Waals surface area contributed by atoms with E-state index in [4.69, 9.17) is 4.74 Å². The van der Waals surface area contributed by atoms with Crippen LogP contribution in [-0.4, -0.2) is 18.9 Å². The Balaban J connectivity index is 1.90. The van der Waals surface area contributed by atoms with Gasteiger partial charge in [-0.05, 0) is 56.3 Å². The highest BCUT2D eigenvalue weighted by atomic mass is 16.5. The minimum atomic E-state index is -0.342. The number of ketones is 1. The molecule has 20 heavy (non-hydrogen) atoms. The largest absolute Gasteiger partial charge is 0.469 e. The van der Waals surface area contributed by atoms with E-state index in [2.05, 4.69) is 13.8 Å². The number of ether oxygens (including phenoxy) is 1. The molecule has 0 amide bonds. The maximum absolute atomic E-state index is 12.8. The second-order valence-electron chi connectivity index (χ2n) is 8.03. The van der Waals surface area contributed by atoms with Crippen molar-refractivity contribution >= 4 is 11.8 Å². The molecule has 4 bridgehead atoms. The number of carbonyl (C=O) groups excluding carboxylic acids is 2. The molecule has 0 saturated heterocycles. The second kappa shape index (κ2) is 4.57. The highest BCUT2D eigenvalue weighted by molar-refractivity contribution is 5.87. The smallest absolute Gasteiger partial charge is 0.311 e. The molecule has 4 fully saturated rings. The summed E-state index contributed by atoms with van der Waals surface area (Å²) in [6.45, 7) is 4.21. The van der Waals surface area contributed by atoms with Gasteiger partial charge in [-0.3, -0.25) is 9.59 Å². The standard InChI is InChI=1S/C17H26O3/c1-11(2)4-14(18)16-6-12-5-13(7-16)9-17(8-12,10-16)15(19)20-3/h11-13H,4-10H2,1-3H3/t12-,13+,16?,17?. The molecule has 0 aromatic heterocycles. The molecule has 3 heteroatoms. The number of hydrogen-bond donors (Lipinski definition) is 0. The van der Waals surface area contributed by atoms with Crippen LogP contribution >= 0.6 is 0 Å². The summed E-state index contributed by atoms with van der Waals surface area (Å²) in [5.41, 5.74) is -0.548. The number of esters is 1. The molecule has 0 radical (unpaired) electrons. The summed E-state index contributed by atoms with van der Waals surface area (Å²) >= 11 is 0. The van der Waals surface area contributed by atoms with Crippen LogP contribution in [0.3, 0.4) is 0 Å². The first-order valence-electron chi connectivity index (χ1n) is 8.01. The van der Waals surface area contributed by atoms with Crippen LogP contribution in [0.2, 0.25) is 0 Å². The Kier molecular flexibility index (Phi) is 3.22. The van der Waals surface area contributed by atoms with Gasteiger partial charge in [0.25, 0.3) is 0 Å². The predicted octanol–water partition coefficient (Wildman–Crippen LogP) is 3.36. The average Bonchev–Trinajstić information content (AvgIpc) is 2.35. The Morgan fingerprint density at radius 1 is 1.10 bits per heavy atom. The minimum absolute atomic E-state index is 0.0617. The molecule has 3 nitrogen and oxygen atoms in total. The van der Waals surface area contributed by atoms with Gasteiger partial charge in [-0.1, -0.05) is 13.8 Å². The van der Waals surface area contributed by atoms with Gasteiger partial charge in [-0.25, -0.2) is 0 Å². The Labute approximate surface area is 121 Å². The van der Waals surface area contributed by atoms with E-state index >= 15 is 0 Å². The minimum Gasteiger partial charge on any atom is -0.469 e. The average molecular weight is 278 g/mol. The third kappa shape index (κ3) is 2.01. The van der Waals surface area contributed by atoms with Crippen molar-refractivity contribution in [1.82, 2.24) is 0 Å². The SMILES string of the molecule is COC(=O)C12C[C@@H]3C[C@@H](CC(C(=O)CC(C)C)(C3)C1)C2. The Morgan fingerprint density at radius 3 is 2.15 bits per heavy atom. The van der Waals surface area contributed by atoms with Gasteiger partial charge in [0.05, 0.1) is 12.5 Å². The normalized spacial score (nSPS) is 42.0. The first-order chi connectivity index (χ1) is 9.39. The van der Waals surface area contributed by atoms with Crippen LogP contribution in [-0.2, 0) is 14.3 Å². The van der Waals surface area contributed by atoms with Crippen molar-refractivity contribution in [1.29, 1.82) is 0 Å². The molecule has 0 aliphatic heterocycles. The van der Waals surface area contributed by atoms with Crippen LogP contribution in [0.15, 0.2) is 0 Å². The fourth-order valence-corrected chi connectivity index (χ4v) is 5.63. The summed E-state index contributed by atoms with van der Waals surface area (Å²) in [5.74, 6) is 1.88. The third-order valence-electron chi connectivity index (χ3n) is 5.86. The van der Waals surface area contributed by atoms with Gasteiger partial charge in [0.1, 0.15) is 5.78 Å². The van der Waals surface area contributed by atoms with Crippen LogP contribution in [0.4, 0.5) is 0 Å². The maximum atomic E-state index is 12.8. The van der Waals surface area contributed by atoms with E-state index in [1.807, 2.05) is 0 Å². The van der Waals surface area contributed by atoms with Gasteiger partial charge < -0.3 is 4.74 Å². The lowest BCUT2D eigenvalue weighted by molar-refractivity contribution is -0.181. The van der Waals surface area contributed by atoms with E-state index in [1.54, 1.807) is 0 Å². The number of carbonyl (C=O) groups is 2. The molecular weight excluding hydrogens is 252 g/mol. The number of methoxy groups -OCH3 is 1. The van der Waals surface area contributed by atoms with E-state index in [0.29, 0.717) is 30.0 Å². The molecule has 0 aromatic rings. The molecule has 4 saturated carbocycles. The molecule has 112 valence electrons. The van der Waals surface area contributed by atoms with Gasteiger partial charge in [0.15, 0.2) is 0 Å². The summed E-state index contributed by atoms with van der Waals surface area (Å²) in [4.78, 5) is 25.1. The molecule has 4 aliphatic carbocycles. The van der Waals surface area contributed by atoms with Gasteiger partial charge in [0.2, 0.25) is 0 Å². The lowest BCUT2D eigenvalue weighted by Crippen LogP contribution is -2.57. The van der Waals surface area contributed by atoms with Crippen molar-refractivity contribution in [2.75, 3.05) is 7.11 Å². The van der Waals surface area contributed by atoms with Crippen molar-refractivity contribution in [3.63, 3.8) is 0 Å². The zero-order valence-electron chi connectivity index (χ0n) is 12.9. The van der Waals surface area contributed by atoms with Crippen LogP contribution in [0.25, 0.3) is 0 Å². The molecule has 0 heterocycles. The number of rotatable bonds is 4. The van der Waals surface area contributed by atoms with E-state index in [0.717, 1.165) is 32.1 Å². The fourth-order valence-electron chi connectivity index (χ4n) is 5.63. The summed E-state index contributed by atoms with van der Waals surface area (Å²) < 4.78 is 5.09.